The highest BCUT2D eigenvalue weighted by Crippen LogP contribution is 2.21. The van der Waals surface area contributed by atoms with Crippen LogP contribution in [0.15, 0.2) is 42.5 Å². The van der Waals surface area contributed by atoms with Crippen LogP contribution in [0.3, 0.4) is 0 Å². The number of amides is 1. The van der Waals surface area contributed by atoms with Crippen LogP contribution in [0.2, 0.25) is 5.02 Å². The zero-order chi connectivity index (χ0) is 21.0. The molecule has 1 saturated heterocycles. The lowest BCUT2D eigenvalue weighted by Gasteiger charge is -2.36. The first kappa shape index (κ1) is 20.6. The molecule has 1 fully saturated rings. The molecule has 9 heteroatoms. The van der Waals surface area contributed by atoms with E-state index in [4.69, 9.17) is 16.3 Å². The van der Waals surface area contributed by atoms with Gasteiger partial charge in [0.05, 0.1) is 10.5 Å². The Morgan fingerprint density at radius 3 is 2.48 bits per heavy atom. The van der Waals surface area contributed by atoms with Crippen LogP contribution >= 0.6 is 11.6 Å². The predicted octanol–water partition coefficient (Wildman–Crippen LogP) is 3.06. The van der Waals surface area contributed by atoms with Crippen molar-refractivity contribution in [3.05, 3.63) is 68.7 Å². The zero-order valence-corrected chi connectivity index (χ0v) is 16.6. The quantitative estimate of drug-likeness (QED) is 0.421. The number of nitro groups is 1. The van der Waals surface area contributed by atoms with E-state index in [-0.39, 0.29) is 23.8 Å². The molecule has 152 valence electrons. The van der Waals surface area contributed by atoms with Crippen molar-refractivity contribution in [1.29, 1.82) is 0 Å². The number of piperazine rings is 1. The van der Waals surface area contributed by atoms with Gasteiger partial charge in [-0.2, -0.15) is 0 Å². The van der Waals surface area contributed by atoms with Gasteiger partial charge in [0, 0.05) is 48.5 Å². The highest BCUT2D eigenvalue weighted by atomic mass is 35.5. The first-order valence-corrected chi connectivity index (χ1v) is 9.43. The molecule has 0 bridgehead atoms. The number of carbonyl (C=O) groups is 2. The van der Waals surface area contributed by atoms with E-state index in [1.165, 1.54) is 18.2 Å². The molecule has 29 heavy (non-hydrogen) atoms. The molecule has 0 aliphatic carbocycles. The number of nitrogens with zero attached hydrogens (tertiary/aromatic N) is 3. The van der Waals surface area contributed by atoms with Crippen molar-refractivity contribution in [2.24, 2.45) is 0 Å². The van der Waals surface area contributed by atoms with Gasteiger partial charge in [0.2, 0.25) is 0 Å². The maximum Gasteiger partial charge on any atom is 0.338 e. The average molecular weight is 418 g/mol. The molecule has 0 aromatic heterocycles. The Morgan fingerprint density at radius 2 is 1.86 bits per heavy atom. The van der Waals surface area contributed by atoms with E-state index >= 15 is 0 Å². The molecule has 0 radical (unpaired) electrons. The molecular weight excluding hydrogens is 398 g/mol. The predicted molar refractivity (Wildman–Crippen MR) is 108 cm³/mol. The SMILES string of the molecule is Cc1cc(C(=O)OCC(=O)N2CCN(c3cccc(Cl)c3)CC2)ccc1[N+](=O)[O-]. The highest BCUT2D eigenvalue weighted by molar-refractivity contribution is 6.30. The Bertz CT molecular complexity index is 941. The number of ether oxygens (including phenoxy) is 1. The lowest BCUT2D eigenvalue weighted by Crippen LogP contribution is -2.49. The van der Waals surface area contributed by atoms with Crippen molar-refractivity contribution in [2.75, 3.05) is 37.7 Å². The van der Waals surface area contributed by atoms with Crippen molar-refractivity contribution in [2.45, 2.75) is 6.92 Å². The number of benzene rings is 2. The maximum absolute atomic E-state index is 12.4. The largest absolute Gasteiger partial charge is 0.452 e. The fourth-order valence-corrected chi connectivity index (χ4v) is 3.36. The zero-order valence-electron chi connectivity index (χ0n) is 15.8. The van der Waals surface area contributed by atoms with Gasteiger partial charge in [-0.25, -0.2) is 4.79 Å². The van der Waals surface area contributed by atoms with Gasteiger partial charge in [-0.1, -0.05) is 17.7 Å². The summed E-state index contributed by atoms with van der Waals surface area (Å²) in [5.41, 5.74) is 1.46. The molecule has 1 aliphatic heterocycles. The third-order valence-corrected chi connectivity index (χ3v) is 5.00. The number of nitro benzene ring substituents is 1. The Hall–Kier alpha value is -3.13. The van der Waals surface area contributed by atoms with Crippen LogP contribution in [0.1, 0.15) is 15.9 Å². The summed E-state index contributed by atoms with van der Waals surface area (Å²) in [4.78, 5) is 38.6. The summed E-state index contributed by atoms with van der Waals surface area (Å²) < 4.78 is 5.09. The van der Waals surface area contributed by atoms with E-state index in [9.17, 15) is 19.7 Å². The number of aryl methyl sites for hydroxylation is 1. The van der Waals surface area contributed by atoms with Crippen LogP contribution in [0.4, 0.5) is 11.4 Å². The molecule has 2 aromatic rings. The molecule has 0 saturated carbocycles. The summed E-state index contributed by atoms with van der Waals surface area (Å²) in [5, 5.41) is 11.5. The molecule has 1 amide bonds. The second-order valence-electron chi connectivity index (χ2n) is 6.68. The molecule has 0 N–H and O–H groups in total. The van der Waals surface area contributed by atoms with E-state index in [2.05, 4.69) is 4.90 Å². The highest BCUT2D eigenvalue weighted by Gasteiger charge is 2.23. The molecule has 1 heterocycles. The summed E-state index contributed by atoms with van der Waals surface area (Å²) in [6.07, 6.45) is 0. The number of hydrogen-bond acceptors (Lipinski definition) is 6. The molecule has 8 nitrogen and oxygen atoms in total. The van der Waals surface area contributed by atoms with E-state index in [1.54, 1.807) is 11.8 Å². The summed E-state index contributed by atoms with van der Waals surface area (Å²) in [6.45, 7) is 3.51. The Kier molecular flexibility index (Phi) is 6.33. The Morgan fingerprint density at radius 1 is 1.14 bits per heavy atom. The van der Waals surface area contributed by atoms with E-state index < -0.39 is 10.9 Å². The van der Waals surface area contributed by atoms with Gasteiger partial charge in [-0.15, -0.1) is 0 Å². The number of anilines is 1. The van der Waals surface area contributed by atoms with E-state index in [0.29, 0.717) is 36.8 Å². The lowest BCUT2D eigenvalue weighted by atomic mass is 10.1. The summed E-state index contributed by atoms with van der Waals surface area (Å²) in [5.74, 6) is -0.961. The monoisotopic (exact) mass is 417 g/mol. The van der Waals surface area contributed by atoms with Crippen molar-refractivity contribution in [3.63, 3.8) is 0 Å². The summed E-state index contributed by atoms with van der Waals surface area (Å²) in [6, 6.07) is 11.5. The van der Waals surface area contributed by atoms with Crippen LogP contribution in [0.5, 0.6) is 0 Å². The van der Waals surface area contributed by atoms with Gasteiger partial charge in [0.15, 0.2) is 6.61 Å². The molecule has 1 aliphatic rings. The lowest BCUT2D eigenvalue weighted by molar-refractivity contribution is -0.385. The van der Waals surface area contributed by atoms with Gasteiger partial charge < -0.3 is 14.5 Å². The topological polar surface area (TPSA) is 93.0 Å². The van der Waals surface area contributed by atoms with Gasteiger partial charge in [0.25, 0.3) is 11.6 Å². The number of rotatable bonds is 5. The maximum atomic E-state index is 12.4. The molecule has 3 rings (SSSR count). The van der Waals surface area contributed by atoms with Gasteiger partial charge in [-0.05, 0) is 37.3 Å². The fourth-order valence-electron chi connectivity index (χ4n) is 3.18. The van der Waals surface area contributed by atoms with E-state index in [0.717, 1.165) is 5.69 Å². The second kappa shape index (κ2) is 8.91. The van der Waals surface area contributed by atoms with Crippen molar-refractivity contribution in [1.82, 2.24) is 4.90 Å². The van der Waals surface area contributed by atoms with Crippen LogP contribution in [0, 0.1) is 17.0 Å². The molecule has 0 unspecified atom stereocenters. The normalized spacial score (nSPS) is 13.9. The van der Waals surface area contributed by atoms with Crippen molar-refractivity contribution < 1.29 is 19.2 Å². The minimum Gasteiger partial charge on any atom is -0.452 e. The Labute approximate surface area is 172 Å². The average Bonchev–Trinajstić information content (AvgIpc) is 2.71. The molecule has 2 aromatic carbocycles. The number of esters is 1. The summed E-state index contributed by atoms with van der Waals surface area (Å²) >= 11 is 6.03. The first-order chi connectivity index (χ1) is 13.8. The smallest absolute Gasteiger partial charge is 0.338 e. The van der Waals surface area contributed by atoms with Crippen LogP contribution in [0.25, 0.3) is 0 Å². The number of halogens is 1. The van der Waals surface area contributed by atoms with Gasteiger partial charge in [-0.3, -0.25) is 14.9 Å². The second-order valence-corrected chi connectivity index (χ2v) is 7.12. The molecule has 0 spiro atoms. The minimum absolute atomic E-state index is 0.0739. The van der Waals surface area contributed by atoms with Crippen LogP contribution < -0.4 is 4.90 Å². The van der Waals surface area contributed by atoms with Crippen molar-refractivity contribution in [3.8, 4) is 0 Å². The molecule has 0 atom stereocenters. The van der Waals surface area contributed by atoms with Gasteiger partial charge >= 0.3 is 5.97 Å². The third-order valence-electron chi connectivity index (χ3n) is 4.76. The minimum atomic E-state index is -0.686. The number of carbonyl (C=O) groups excluding carboxylic acids is 2. The third kappa shape index (κ3) is 5.03. The van der Waals surface area contributed by atoms with Crippen LogP contribution in [-0.2, 0) is 9.53 Å². The van der Waals surface area contributed by atoms with Crippen molar-refractivity contribution >= 4 is 34.9 Å². The number of hydrogen-bond donors (Lipinski definition) is 0. The van der Waals surface area contributed by atoms with E-state index in [1.807, 2.05) is 24.3 Å². The van der Waals surface area contributed by atoms with Crippen LogP contribution in [-0.4, -0.2) is 54.5 Å². The molecular formula is C20H20ClN3O5. The van der Waals surface area contributed by atoms with Gasteiger partial charge in [0.1, 0.15) is 0 Å². The Balaban J connectivity index is 1.50. The summed E-state index contributed by atoms with van der Waals surface area (Å²) in [7, 11) is 0. The fraction of sp³-hybridized carbons (Fsp3) is 0.300. The first-order valence-electron chi connectivity index (χ1n) is 9.05. The standard InChI is InChI=1S/C20H20ClN3O5/c1-14-11-15(5-6-18(14)24(27)28)20(26)29-13-19(25)23-9-7-22(8-10-23)17-4-2-3-16(21)12-17/h2-6,11-12H,7-10,13H2,1H3.